The molecule has 10 nitrogen and oxygen atoms in total. The van der Waals surface area contributed by atoms with Crippen LogP contribution in [0, 0.1) is 0 Å². The summed E-state index contributed by atoms with van der Waals surface area (Å²) < 4.78 is 12.3. The van der Waals surface area contributed by atoms with Gasteiger partial charge in [0.05, 0.1) is 24.3 Å². The van der Waals surface area contributed by atoms with Gasteiger partial charge in [-0.25, -0.2) is 19.1 Å². The largest absolute Gasteiger partial charge is 0.445 e. The number of ether oxygens (including phenoxy) is 2. The second-order valence-corrected chi connectivity index (χ2v) is 10.4. The number of carbonyl (C=O) groups excluding carboxylic acids is 2. The van der Waals surface area contributed by atoms with Crippen LogP contribution in [0.5, 0.6) is 0 Å². The van der Waals surface area contributed by atoms with Crippen molar-refractivity contribution in [2.75, 3.05) is 13.1 Å². The number of H-pyrrole nitrogens is 1. The summed E-state index contributed by atoms with van der Waals surface area (Å²) in [6.45, 7) is 7.34. The maximum Gasteiger partial charge on any atom is 0.410 e. The number of likely N-dealkylation sites (tertiary alicyclic amines) is 1. The molecule has 2 aromatic heterocycles. The van der Waals surface area contributed by atoms with E-state index in [1.54, 1.807) is 4.90 Å². The number of hydrogen-bond donors (Lipinski definition) is 1. The molecule has 36 heavy (non-hydrogen) atoms. The average molecular weight is 494 g/mol. The number of aromatic amines is 1. The number of piperidine rings is 1. The summed E-state index contributed by atoms with van der Waals surface area (Å²) in [6.07, 6.45) is 0.768. The monoisotopic (exact) mass is 493 g/mol. The number of aromatic nitrogens is 3. The Morgan fingerprint density at radius 3 is 2.47 bits per heavy atom. The lowest BCUT2D eigenvalue weighted by Crippen LogP contribution is -2.41. The fourth-order valence-corrected chi connectivity index (χ4v) is 4.69. The maximum absolute atomic E-state index is 13.2. The van der Waals surface area contributed by atoms with Crippen molar-refractivity contribution < 1.29 is 19.1 Å². The summed E-state index contributed by atoms with van der Waals surface area (Å²) in [4.78, 5) is 46.0. The zero-order valence-corrected chi connectivity index (χ0v) is 20.8. The summed E-state index contributed by atoms with van der Waals surface area (Å²) in [5.74, 6) is 0.184. The summed E-state index contributed by atoms with van der Waals surface area (Å²) in [6, 6.07) is 11.4. The van der Waals surface area contributed by atoms with Crippen LogP contribution in [0.4, 0.5) is 9.59 Å². The number of nitrogens with one attached hydrogen (secondary N) is 1. The average Bonchev–Trinajstić information content (AvgIpc) is 3.47. The van der Waals surface area contributed by atoms with Gasteiger partial charge in [-0.2, -0.15) is 0 Å². The number of fused-ring (bicyclic) bond motifs is 2. The number of amides is 2. The molecule has 3 aromatic rings. The van der Waals surface area contributed by atoms with Gasteiger partial charge >= 0.3 is 12.2 Å². The minimum atomic E-state index is -0.521. The third-order valence-electron chi connectivity index (χ3n) is 6.55. The number of rotatable bonds is 3. The molecule has 1 saturated heterocycles. The molecular formula is C26H31N5O5. The minimum absolute atomic E-state index is 0.167. The molecule has 190 valence electrons. The Bertz CT molecular complexity index is 1330. The van der Waals surface area contributed by atoms with Crippen LogP contribution >= 0.6 is 0 Å². The Morgan fingerprint density at radius 1 is 1.06 bits per heavy atom. The van der Waals surface area contributed by atoms with Crippen LogP contribution in [0.3, 0.4) is 0 Å². The molecule has 1 aromatic carbocycles. The predicted molar refractivity (Wildman–Crippen MR) is 131 cm³/mol. The number of carbonyl (C=O) groups is 2. The van der Waals surface area contributed by atoms with Crippen molar-refractivity contribution >= 4 is 17.8 Å². The van der Waals surface area contributed by atoms with Gasteiger partial charge in [-0.05, 0) is 39.2 Å². The molecule has 2 amide bonds. The van der Waals surface area contributed by atoms with E-state index in [9.17, 15) is 14.4 Å². The first-order chi connectivity index (χ1) is 17.2. The van der Waals surface area contributed by atoms with E-state index in [0.29, 0.717) is 30.0 Å². The van der Waals surface area contributed by atoms with E-state index >= 15 is 0 Å². The van der Waals surface area contributed by atoms with E-state index in [1.807, 2.05) is 57.2 Å². The van der Waals surface area contributed by atoms with Gasteiger partial charge in [0.25, 0.3) is 5.56 Å². The van der Waals surface area contributed by atoms with Crippen molar-refractivity contribution in [2.24, 2.45) is 0 Å². The Kier molecular flexibility index (Phi) is 6.19. The van der Waals surface area contributed by atoms with E-state index in [4.69, 9.17) is 9.47 Å². The molecule has 2 aliphatic rings. The van der Waals surface area contributed by atoms with Gasteiger partial charge in [-0.3, -0.25) is 14.8 Å². The lowest BCUT2D eigenvalue weighted by molar-refractivity contribution is 0.0204. The second-order valence-electron chi connectivity index (χ2n) is 10.4. The van der Waals surface area contributed by atoms with Crippen LogP contribution in [0.2, 0.25) is 0 Å². The molecule has 4 heterocycles. The molecule has 0 saturated carbocycles. The van der Waals surface area contributed by atoms with Gasteiger partial charge in [0, 0.05) is 30.8 Å². The molecule has 5 rings (SSSR count). The number of benzene rings is 1. The molecule has 0 radical (unpaired) electrons. The lowest BCUT2D eigenvalue weighted by Gasteiger charge is -2.33. The lowest BCUT2D eigenvalue weighted by atomic mass is 9.94. The number of nitrogens with zero attached hydrogens (tertiary/aromatic N) is 4. The van der Waals surface area contributed by atoms with Gasteiger partial charge in [-0.1, -0.05) is 30.3 Å². The highest BCUT2D eigenvalue weighted by molar-refractivity contribution is 5.69. The van der Waals surface area contributed by atoms with Gasteiger partial charge in [0.2, 0.25) is 0 Å². The molecule has 10 heteroatoms. The Balaban J connectivity index is 1.24. The summed E-state index contributed by atoms with van der Waals surface area (Å²) in [5, 5.41) is 3.21. The van der Waals surface area contributed by atoms with E-state index in [2.05, 4.69) is 10.1 Å². The van der Waals surface area contributed by atoms with E-state index < -0.39 is 11.7 Å². The highest BCUT2D eigenvalue weighted by Gasteiger charge is 2.31. The van der Waals surface area contributed by atoms with Crippen LogP contribution in [0.1, 0.15) is 62.0 Å². The van der Waals surface area contributed by atoms with Crippen molar-refractivity contribution in [3.8, 4) is 0 Å². The maximum atomic E-state index is 13.2. The van der Waals surface area contributed by atoms with Crippen LogP contribution in [0.25, 0.3) is 5.65 Å². The van der Waals surface area contributed by atoms with Crippen molar-refractivity contribution in [3.05, 3.63) is 69.3 Å². The van der Waals surface area contributed by atoms with Crippen LogP contribution in [-0.4, -0.2) is 55.3 Å². The third-order valence-corrected chi connectivity index (χ3v) is 6.55. The van der Waals surface area contributed by atoms with Crippen LogP contribution in [0.15, 0.2) is 41.2 Å². The molecule has 2 aliphatic heterocycles. The molecule has 0 spiro atoms. The topological polar surface area (TPSA) is 109 Å². The number of hydrogen-bond acceptors (Lipinski definition) is 6. The zero-order chi connectivity index (χ0) is 25.4. The summed E-state index contributed by atoms with van der Waals surface area (Å²) >= 11 is 0. The van der Waals surface area contributed by atoms with Crippen LogP contribution < -0.4 is 5.56 Å². The van der Waals surface area contributed by atoms with Crippen molar-refractivity contribution in [2.45, 2.75) is 64.8 Å². The van der Waals surface area contributed by atoms with E-state index in [1.165, 1.54) is 9.42 Å². The van der Waals surface area contributed by atoms with Gasteiger partial charge in [0.1, 0.15) is 12.2 Å². The van der Waals surface area contributed by atoms with Crippen LogP contribution in [-0.2, 0) is 29.2 Å². The zero-order valence-electron chi connectivity index (χ0n) is 20.8. The molecule has 0 bridgehead atoms. The predicted octanol–water partition coefficient (Wildman–Crippen LogP) is 3.79. The fraction of sp³-hybridized carbons (Fsp3) is 0.462. The molecular weight excluding hydrogens is 462 g/mol. The first-order valence-corrected chi connectivity index (χ1v) is 12.2. The van der Waals surface area contributed by atoms with Gasteiger partial charge < -0.3 is 14.4 Å². The Hall–Kier alpha value is -3.82. The Morgan fingerprint density at radius 2 is 1.78 bits per heavy atom. The van der Waals surface area contributed by atoms with Crippen molar-refractivity contribution in [1.29, 1.82) is 0 Å². The van der Waals surface area contributed by atoms with E-state index in [0.717, 1.165) is 24.1 Å². The first-order valence-electron chi connectivity index (χ1n) is 12.2. The third kappa shape index (κ3) is 4.93. The summed E-state index contributed by atoms with van der Waals surface area (Å²) in [5.41, 5.74) is 2.73. The van der Waals surface area contributed by atoms with Gasteiger partial charge in [-0.15, -0.1) is 0 Å². The SMILES string of the molecule is CC(C)(C)OC(=O)N1CCC(c2cc3nc4c(c(=O)n3[nH]2)CN(C(=O)OCc2ccccc2)C4)CC1. The standard InChI is InChI=1S/C26H31N5O5/c1-26(2,3)36-25(34)29-11-9-18(10-12-29)20-13-22-27-21-15-30(14-19(21)23(32)31(22)28-20)24(33)35-16-17-7-5-4-6-8-17/h4-8,13,18,28H,9-12,14-16H2,1-3H3. The molecule has 0 aliphatic carbocycles. The Labute approximate surface area is 208 Å². The highest BCUT2D eigenvalue weighted by Crippen LogP contribution is 2.29. The molecule has 0 unspecified atom stereocenters. The van der Waals surface area contributed by atoms with E-state index in [-0.39, 0.29) is 37.3 Å². The minimum Gasteiger partial charge on any atom is -0.445 e. The smallest absolute Gasteiger partial charge is 0.410 e. The second kappa shape index (κ2) is 9.33. The van der Waals surface area contributed by atoms with Gasteiger partial charge in [0.15, 0.2) is 5.65 Å². The fourth-order valence-electron chi connectivity index (χ4n) is 4.69. The molecule has 1 fully saturated rings. The quantitative estimate of drug-likeness (QED) is 0.595. The molecule has 0 atom stereocenters. The van der Waals surface area contributed by atoms with Crippen molar-refractivity contribution in [1.82, 2.24) is 24.4 Å². The summed E-state index contributed by atoms with van der Waals surface area (Å²) in [7, 11) is 0. The normalized spacial score (nSPS) is 16.3. The first kappa shape index (κ1) is 23.9. The highest BCUT2D eigenvalue weighted by atomic mass is 16.6. The molecule has 1 N–H and O–H groups in total. The van der Waals surface area contributed by atoms with Crippen molar-refractivity contribution in [3.63, 3.8) is 0 Å².